The number of carboxylic acids is 2. The van der Waals surface area contributed by atoms with Crippen molar-refractivity contribution in [3.05, 3.63) is 59.2 Å². The Hall–Kier alpha value is 5.35. The Morgan fingerprint density at radius 2 is 1.35 bits per heavy atom. The van der Waals surface area contributed by atoms with Crippen molar-refractivity contribution in [3.8, 4) is 11.5 Å². The summed E-state index contributed by atoms with van der Waals surface area (Å²) in [6, 6.07) is 6.09. The first-order valence-corrected chi connectivity index (χ1v) is 74.0. The zero-order valence-corrected chi connectivity index (χ0v) is 45.5. The van der Waals surface area contributed by atoms with E-state index in [0.29, 0.717) is 19.9 Å². The normalized spacial score (nSPS) is 11.3. The predicted molar refractivity (Wildman–Crippen MR) is 248 cm³/mol. The smallest absolute Gasteiger partial charge is 0.335 e. The van der Waals surface area contributed by atoms with E-state index in [1.54, 1.807) is 0 Å². The molecule has 0 aliphatic carbocycles. The van der Waals surface area contributed by atoms with E-state index >= 15 is 0 Å². The number of aromatic hydroxyl groups is 1. The number of halogens is 14. The van der Waals surface area contributed by atoms with Gasteiger partial charge in [-0.25, -0.2) is 18.4 Å². The molecule has 0 saturated carbocycles. The Morgan fingerprint density at radius 3 is 1.73 bits per heavy atom. The van der Waals surface area contributed by atoms with Gasteiger partial charge in [0.1, 0.15) is 23.1 Å². The molecule has 40 heavy (non-hydrogen) atoms. The third-order valence-corrected chi connectivity index (χ3v) is 582. The molecule has 20 heteroatoms. The molecule has 0 fully saturated rings. The van der Waals surface area contributed by atoms with Gasteiger partial charge in [-0.3, -0.25) is 0 Å². The fraction of sp³-hybridized carbons (Fsp3) is 0.300. The van der Waals surface area contributed by atoms with Crippen LogP contribution in [0.2, 0.25) is 0 Å². The maximum absolute atomic E-state index is 12.9. The fourth-order valence-corrected chi connectivity index (χ4v) is 1050. The third-order valence-electron chi connectivity index (χ3n) is 3.20. The summed E-state index contributed by atoms with van der Waals surface area (Å²) in [4.78, 5) is 20.8. The summed E-state index contributed by atoms with van der Waals surface area (Å²) < 4.78 is 30.4. The molecule has 0 aliphatic heterocycles. The standard InChI is InChI=1S/C10H11FO3.C7H5FO3.C3H7Br.I11/c1-2-3-14-9-5-7(10(12)13)4-8(11)6-9;8-5-1-4(7(10)11)2-6(9)3-5;1-2-3-4;1-7-9(4)11(6)10(5)8(2)3/h4-6H,2-3H2,1H3,(H,12,13);1-3,9H,(H,10,11);2-3H2,1H3;/q;;;-1. The van der Waals surface area contributed by atoms with Crippen LogP contribution < -0.4 is 18.0 Å². The first kappa shape index (κ1) is 47.5. The summed E-state index contributed by atoms with van der Waals surface area (Å²) in [6.45, 7) is 4.49. The van der Waals surface area contributed by atoms with Crippen molar-refractivity contribution in [3.63, 3.8) is 0 Å². The number of carboxylic acid groups (broad SMARTS) is 2. The van der Waals surface area contributed by atoms with Crippen LogP contribution in [-0.2, 0) is 0 Å². The topological polar surface area (TPSA) is 104 Å². The van der Waals surface area contributed by atoms with E-state index in [2.05, 4.69) is 135 Å². The Kier molecular flexibility index (Phi) is 34.7. The van der Waals surface area contributed by atoms with Crippen molar-refractivity contribution in [1.82, 2.24) is 0 Å². The molecule has 0 heterocycles. The summed E-state index contributed by atoms with van der Waals surface area (Å²) in [7, 11) is -1.16. The quantitative estimate of drug-likeness (QED) is 0.162. The van der Waals surface area contributed by atoms with Crippen LogP contribution >= 0.6 is 159 Å². The molecular weight excluding hydrogens is 1850 g/mol. The second-order valence-electron chi connectivity index (χ2n) is 6.22. The van der Waals surface area contributed by atoms with Crippen LogP contribution in [-0.4, -0.2) is 39.2 Å². The molecule has 238 valence electrons. The van der Waals surface area contributed by atoms with Crippen LogP contribution in [0.3, 0.4) is 0 Å². The van der Waals surface area contributed by atoms with Crippen LogP contribution in [0.25, 0.3) is 0 Å². The van der Waals surface area contributed by atoms with Crippen molar-refractivity contribution in [2.24, 2.45) is 0 Å². The number of hydrogen-bond donors (Lipinski definition) is 3. The Labute approximate surface area is 323 Å². The Morgan fingerprint density at radius 1 is 0.875 bits per heavy atom. The summed E-state index contributed by atoms with van der Waals surface area (Å²) >= 11 is 21.0. The van der Waals surface area contributed by atoms with Gasteiger partial charge in [-0.1, -0.05) is 29.8 Å². The van der Waals surface area contributed by atoms with E-state index in [1.165, 1.54) is 18.6 Å². The van der Waals surface area contributed by atoms with Gasteiger partial charge in [-0.15, -0.1) is 0 Å². The largest absolute Gasteiger partial charge is 0.508 e. The zero-order valence-electron chi connectivity index (χ0n) is 20.2. The van der Waals surface area contributed by atoms with Gasteiger partial charge in [0.2, 0.25) is 0 Å². The molecule has 0 unspecified atom stereocenters. The van der Waals surface area contributed by atoms with Crippen molar-refractivity contribution < 1.29 is 51.7 Å². The van der Waals surface area contributed by atoms with Gasteiger partial charge in [0.15, 0.2) is 0 Å². The molecule has 0 radical (unpaired) electrons. The maximum Gasteiger partial charge on any atom is 0.335 e. The van der Waals surface area contributed by atoms with E-state index < -0.39 is 23.6 Å². The molecule has 0 saturated heterocycles. The van der Waals surface area contributed by atoms with Gasteiger partial charge in [0.25, 0.3) is 0 Å². The number of phenols is 1. The van der Waals surface area contributed by atoms with E-state index in [1.807, 2.05) is 6.92 Å². The van der Waals surface area contributed by atoms with Crippen molar-refractivity contribution >= 4 is 171 Å². The van der Waals surface area contributed by atoms with Crippen LogP contribution in [0.5, 0.6) is 11.5 Å². The average Bonchev–Trinajstić information content (AvgIpc) is 2.90. The fourth-order valence-electron chi connectivity index (χ4n) is 1.76. The predicted octanol–water partition coefficient (Wildman–Crippen LogP) is 11.2. The van der Waals surface area contributed by atoms with Gasteiger partial charge >= 0.3 is 168 Å². The molecule has 2 rings (SSSR count). The Bertz CT molecular complexity index is 1010. The molecule has 3 N–H and O–H groups in total. The van der Waals surface area contributed by atoms with Crippen LogP contribution in [0.15, 0.2) is 36.4 Å². The van der Waals surface area contributed by atoms with Gasteiger partial charge in [-0.05, 0) is 37.1 Å². The number of alkyl halides is 1. The molecule has 6 nitrogen and oxygen atoms in total. The maximum atomic E-state index is 12.9. The second-order valence-corrected chi connectivity index (χ2v) is 218. The monoisotopic (exact) mass is 1870 g/mol. The molecule has 2 aromatic carbocycles. The first-order chi connectivity index (χ1) is 18.6. The second kappa shape index (κ2) is 29.3. The number of phenolic OH excluding ortho intramolecular Hbond substituents is 1. The summed E-state index contributed by atoms with van der Waals surface area (Å²) in [5.74, 6) is -3.92. The van der Waals surface area contributed by atoms with E-state index in [-0.39, 0.29) is 54.2 Å². The molecule has 2 aromatic rings. The molecule has 0 bridgehead atoms. The van der Waals surface area contributed by atoms with Crippen LogP contribution in [0, 0.1) is 11.6 Å². The van der Waals surface area contributed by atoms with Gasteiger partial charge in [-0.2, -0.15) is 0 Å². The van der Waals surface area contributed by atoms with E-state index in [4.69, 9.17) is 20.1 Å². The number of benzene rings is 2. The number of hydrogen-bond acceptors (Lipinski definition) is 4. The number of aromatic carboxylic acids is 2. The first-order valence-electron chi connectivity index (χ1n) is 10.0. The van der Waals surface area contributed by atoms with E-state index in [9.17, 15) is 18.4 Å². The summed E-state index contributed by atoms with van der Waals surface area (Å²) in [5.41, 5.74) is -0.362. The SMILES string of the molecule is CCCBr.CCCOc1cc(F)cc(C(=O)O)c1.I[I-]I(I)I(I)I(I)I(I)I.O=C(O)c1cc(O)cc(F)c1. The molecule has 0 aromatic heterocycles. The Balaban J connectivity index is 0. The van der Waals surface area contributed by atoms with Crippen molar-refractivity contribution in [1.29, 1.82) is 0 Å². The number of rotatable bonds is 10. The molecule has 0 aliphatic rings. The van der Waals surface area contributed by atoms with E-state index in [0.717, 1.165) is 36.0 Å². The molecular formula is C20H23BrF2I11O6-. The van der Waals surface area contributed by atoms with Crippen LogP contribution in [0.1, 0.15) is 47.4 Å². The minimum atomic E-state index is -1.26. The minimum Gasteiger partial charge on any atom is -0.508 e. The number of carbonyl (C=O) groups is 2. The van der Waals surface area contributed by atoms with Gasteiger partial charge in [0.05, 0.1) is 17.7 Å². The van der Waals surface area contributed by atoms with Crippen molar-refractivity contribution in [2.45, 2.75) is 26.7 Å². The van der Waals surface area contributed by atoms with Crippen LogP contribution in [0.4, 0.5) is 8.78 Å². The van der Waals surface area contributed by atoms with Crippen molar-refractivity contribution in [2.75, 3.05) is 11.9 Å². The average molecular weight is 1870 g/mol. The summed E-state index contributed by atoms with van der Waals surface area (Å²) in [5, 5.41) is 26.9. The van der Waals surface area contributed by atoms with Gasteiger partial charge in [0, 0.05) is 17.5 Å². The zero-order chi connectivity index (χ0) is 31.4. The summed E-state index contributed by atoms with van der Waals surface area (Å²) in [6.07, 6.45) is 2.03. The number of ether oxygens (including phenoxy) is 1. The minimum absolute atomic E-state index is 0.101. The molecule has 0 atom stereocenters. The third kappa shape index (κ3) is 24.5. The molecule has 0 spiro atoms. The van der Waals surface area contributed by atoms with Gasteiger partial charge < -0.3 is 20.1 Å². The molecule has 0 amide bonds.